The van der Waals surface area contributed by atoms with Crippen molar-refractivity contribution in [3.05, 3.63) is 42.0 Å². The van der Waals surface area contributed by atoms with Crippen LogP contribution in [0, 0.1) is 5.82 Å². The number of anilines is 3. The van der Waals surface area contributed by atoms with Gasteiger partial charge in [-0.25, -0.2) is 14.4 Å². The Hall–Kier alpha value is -2.38. The number of benzene rings is 1. The minimum Gasteiger partial charge on any atom is -0.373 e. The van der Waals surface area contributed by atoms with Crippen LogP contribution < -0.4 is 10.6 Å². The Balaban J connectivity index is 2.30. The van der Waals surface area contributed by atoms with Crippen molar-refractivity contribution < 1.29 is 17.6 Å². The van der Waals surface area contributed by atoms with Crippen LogP contribution in [0.15, 0.2) is 30.6 Å². The van der Waals surface area contributed by atoms with E-state index in [0.29, 0.717) is 17.7 Å². The topological polar surface area (TPSA) is 49.8 Å². The number of aromatic nitrogens is 2. The highest BCUT2D eigenvalue weighted by Crippen LogP contribution is 2.33. The van der Waals surface area contributed by atoms with E-state index in [1.165, 1.54) is 18.5 Å². The molecule has 0 spiro atoms. The quantitative estimate of drug-likeness (QED) is 0.849. The molecule has 20 heavy (non-hydrogen) atoms. The Bertz CT molecular complexity index is 613. The minimum absolute atomic E-state index is 0.0829. The van der Waals surface area contributed by atoms with Gasteiger partial charge < -0.3 is 10.6 Å². The van der Waals surface area contributed by atoms with Gasteiger partial charge in [0.15, 0.2) is 0 Å². The molecule has 0 aliphatic carbocycles. The SMILES string of the molecule is CNc1cc(Nc2ccc(F)c(C(F)(F)F)c2)ncn1. The molecule has 8 heteroatoms. The number of hydrogen-bond donors (Lipinski definition) is 2. The van der Waals surface area contributed by atoms with Gasteiger partial charge in [0.05, 0.1) is 5.56 Å². The molecule has 0 saturated carbocycles. The van der Waals surface area contributed by atoms with Crippen molar-refractivity contribution in [1.29, 1.82) is 0 Å². The molecule has 2 rings (SSSR count). The van der Waals surface area contributed by atoms with Crippen molar-refractivity contribution in [3.63, 3.8) is 0 Å². The van der Waals surface area contributed by atoms with Crippen LogP contribution in [0.25, 0.3) is 0 Å². The first-order valence-electron chi connectivity index (χ1n) is 5.53. The first kappa shape index (κ1) is 14.0. The van der Waals surface area contributed by atoms with E-state index in [0.717, 1.165) is 6.07 Å². The summed E-state index contributed by atoms with van der Waals surface area (Å²) in [5.41, 5.74) is -1.25. The minimum atomic E-state index is -4.75. The molecule has 0 unspecified atom stereocenters. The monoisotopic (exact) mass is 286 g/mol. The highest BCUT2D eigenvalue weighted by Gasteiger charge is 2.34. The third-order valence-corrected chi connectivity index (χ3v) is 2.47. The number of rotatable bonds is 3. The van der Waals surface area contributed by atoms with Gasteiger partial charge in [-0.3, -0.25) is 0 Å². The molecule has 1 aromatic carbocycles. The first-order chi connectivity index (χ1) is 9.40. The standard InChI is InChI=1S/C12H10F4N4/c1-17-10-5-11(19-6-18-10)20-7-2-3-9(13)8(4-7)12(14,15)16/h2-6H,1H3,(H2,17,18,19,20). The van der Waals surface area contributed by atoms with Gasteiger partial charge in [0, 0.05) is 18.8 Å². The summed E-state index contributed by atoms with van der Waals surface area (Å²) in [6, 6.07) is 4.16. The van der Waals surface area contributed by atoms with Crippen molar-refractivity contribution in [2.75, 3.05) is 17.7 Å². The maximum atomic E-state index is 13.1. The summed E-state index contributed by atoms with van der Waals surface area (Å²) < 4.78 is 50.9. The van der Waals surface area contributed by atoms with Gasteiger partial charge in [0.1, 0.15) is 23.8 Å². The summed E-state index contributed by atoms with van der Waals surface area (Å²) in [5.74, 6) is -0.522. The van der Waals surface area contributed by atoms with E-state index in [-0.39, 0.29) is 5.69 Å². The molecule has 4 nitrogen and oxygen atoms in total. The van der Waals surface area contributed by atoms with Gasteiger partial charge >= 0.3 is 6.18 Å². The van der Waals surface area contributed by atoms with Gasteiger partial charge in [-0.1, -0.05) is 0 Å². The van der Waals surface area contributed by atoms with E-state index in [1.807, 2.05) is 0 Å². The molecular formula is C12H10F4N4. The predicted molar refractivity (Wildman–Crippen MR) is 66.3 cm³/mol. The van der Waals surface area contributed by atoms with Crippen LogP contribution in [0.3, 0.4) is 0 Å². The zero-order valence-electron chi connectivity index (χ0n) is 10.3. The second kappa shape index (κ2) is 5.32. The third kappa shape index (κ3) is 3.14. The first-order valence-corrected chi connectivity index (χ1v) is 5.53. The van der Waals surface area contributed by atoms with Crippen LogP contribution in [-0.2, 0) is 6.18 Å². The van der Waals surface area contributed by atoms with E-state index in [9.17, 15) is 17.6 Å². The summed E-state index contributed by atoms with van der Waals surface area (Å²) in [6.07, 6.45) is -3.49. The Morgan fingerprint density at radius 2 is 1.75 bits per heavy atom. The van der Waals surface area contributed by atoms with Gasteiger partial charge in [-0.2, -0.15) is 13.2 Å². The Kier molecular flexibility index (Phi) is 3.73. The molecule has 0 radical (unpaired) electrons. The lowest BCUT2D eigenvalue weighted by Crippen LogP contribution is -2.08. The van der Waals surface area contributed by atoms with Crippen molar-refractivity contribution in [2.24, 2.45) is 0 Å². The van der Waals surface area contributed by atoms with E-state index in [2.05, 4.69) is 20.6 Å². The molecule has 2 N–H and O–H groups in total. The highest BCUT2D eigenvalue weighted by molar-refractivity contribution is 5.59. The van der Waals surface area contributed by atoms with Crippen LogP contribution in [0.1, 0.15) is 5.56 Å². The number of nitrogens with one attached hydrogen (secondary N) is 2. The lowest BCUT2D eigenvalue weighted by atomic mass is 10.2. The molecule has 2 aromatic rings. The zero-order chi connectivity index (χ0) is 14.8. The molecule has 0 aliphatic heterocycles. The zero-order valence-corrected chi connectivity index (χ0v) is 10.3. The molecule has 0 amide bonds. The number of nitrogens with zero attached hydrogens (tertiary/aromatic N) is 2. The Morgan fingerprint density at radius 3 is 2.40 bits per heavy atom. The van der Waals surface area contributed by atoms with Gasteiger partial charge in [0.2, 0.25) is 0 Å². The van der Waals surface area contributed by atoms with Crippen molar-refractivity contribution in [1.82, 2.24) is 9.97 Å². The van der Waals surface area contributed by atoms with E-state index < -0.39 is 17.6 Å². The molecule has 0 aliphatic rings. The second-order valence-corrected chi connectivity index (χ2v) is 3.86. The van der Waals surface area contributed by atoms with Crippen molar-refractivity contribution >= 4 is 17.3 Å². The number of hydrogen-bond acceptors (Lipinski definition) is 4. The summed E-state index contributed by atoms with van der Waals surface area (Å²) in [5, 5.41) is 5.43. The lowest BCUT2D eigenvalue weighted by molar-refractivity contribution is -0.139. The molecule has 0 fully saturated rings. The lowest BCUT2D eigenvalue weighted by Gasteiger charge is -2.11. The molecular weight excluding hydrogens is 276 g/mol. The fourth-order valence-electron chi connectivity index (χ4n) is 1.53. The van der Waals surface area contributed by atoms with Gasteiger partial charge in [-0.05, 0) is 18.2 Å². The molecule has 106 valence electrons. The van der Waals surface area contributed by atoms with Gasteiger partial charge in [0.25, 0.3) is 0 Å². The second-order valence-electron chi connectivity index (χ2n) is 3.86. The third-order valence-electron chi connectivity index (χ3n) is 2.47. The summed E-state index contributed by atoms with van der Waals surface area (Å²) in [6.45, 7) is 0. The average molecular weight is 286 g/mol. The van der Waals surface area contributed by atoms with E-state index in [1.54, 1.807) is 7.05 Å². The summed E-state index contributed by atoms with van der Waals surface area (Å²) in [4.78, 5) is 7.73. The van der Waals surface area contributed by atoms with E-state index >= 15 is 0 Å². The smallest absolute Gasteiger partial charge is 0.373 e. The van der Waals surface area contributed by atoms with Crippen LogP contribution >= 0.6 is 0 Å². The summed E-state index contributed by atoms with van der Waals surface area (Å²) >= 11 is 0. The summed E-state index contributed by atoms with van der Waals surface area (Å²) in [7, 11) is 1.64. The maximum absolute atomic E-state index is 13.1. The average Bonchev–Trinajstić information content (AvgIpc) is 2.40. The fraction of sp³-hybridized carbons (Fsp3) is 0.167. The maximum Gasteiger partial charge on any atom is 0.419 e. The molecule has 0 saturated heterocycles. The van der Waals surface area contributed by atoms with Crippen molar-refractivity contribution in [3.8, 4) is 0 Å². The molecule has 0 atom stereocenters. The van der Waals surface area contributed by atoms with E-state index in [4.69, 9.17) is 0 Å². The molecule has 1 aromatic heterocycles. The largest absolute Gasteiger partial charge is 0.419 e. The van der Waals surface area contributed by atoms with Crippen LogP contribution in [0.5, 0.6) is 0 Å². The highest BCUT2D eigenvalue weighted by atomic mass is 19.4. The molecule has 0 bridgehead atoms. The van der Waals surface area contributed by atoms with Crippen molar-refractivity contribution in [2.45, 2.75) is 6.18 Å². The number of alkyl halides is 3. The predicted octanol–water partition coefficient (Wildman–Crippen LogP) is 3.42. The van der Waals surface area contributed by atoms with Gasteiger partial charge in [-0.15, -0.1) is 0 Å². The normalized spacial score (nSPS) is 11.2. The molecule has 1 heterocycles. The van der Waals surface area contributed by atoms with Crippen LogP contribution in [-0.4, -0.2) is 17.0 Å². The number of halogens is 4. The Labute approximate surface area is 111 Å². The Morgan fingerprint density at radius 1 is 1.05 bits per heavy atom. The van der Waals surface area contributed by atoms with Crippen LogP contribution in [0.4, 0.5) is 34.9 Å². The fourth-order valence-corrected chi connectivity index (χ4v) is 1.53. The van der Waals surface area contributed by atoms with Crippen LogP contribution in [0.2, 0.25) is 0 Å².